The zero-order chi connectivity index (χ0) is 32.3. The van der Waals surface area contributed by atoms with Crippen molar-refractivity contribution in [2.45, 2.75) is 36.3 Å². The highest BCUT2D eigenvalue weighted by Gasteiger charge is 2.54. The lowest BCUT2D eigenvalue weighted by molar-refractivity contribution is -0.150. The Hall–Kier alpha value is -4.56. The second-order valence-corrected chi connectivity index (χ2v) is 11.9. The number of likely N-dealkylation sites (N-methyl/N-ethyl adjacent to an activating group) is 1. The number of nitrogen functional groups attached to an aromatic ring is 1. The molecule has 4 aliphatic heterocycles. The number of aromatic nitrogens is 2. The highest BCUT2D eigenvalue weighted by atomic mass is 32.2. The monoisotopic (exact) mass is 651 g/mol. The van der Waals surface area contributed by atoms with Crippen LogP contribution in [0.3, 0.4) is 0 Å². The Labute approximate surface area is 257 Å². The number of amides is 4. The third-order valence-electron chi connectivity index (χ3n) is 7.25. The second-order valence-electron chi connectivity index (χ2n) is 10.1. The number of oxime groups is 1. The van der Waals surface area contributed by atoms with Crippen LogP contribution in [0.15, 0.2) is 28.1 Å². The van der Waals surface area contributed by atoms with Crippen LogP contribution in [0, 0.1) is 0 Å². The Morgan fingerprint density at radius 1 is 1.27 bits per heavy atom. The van der Waals surface area contributed by atoms with Crippen molar-refractivity contribution in [3.05, 3.63) is 28.7 Å². The number of carboxylic acid groups (broad SMARTS) is 2. The number of aliphatic carboxylic acids is 1. The first-order valence-electron chi connectivity index (χ1n) is 13.0. The minimum atomic E-state index is -1.34. The smallest absolute Gasteiger partial charge is 0.352 e. The first-order valence-corrected chi connectivity index (χ1v) is 14.8. The molecule has 1 aromatic rings. The van der Waals surface area contributed by atoms with Gasteiger partial charge >= 0.3 is 5.97 Å². The van der Waals surface area contributed by atoms with Gasteiger partial charge in [-0.25, -0.2) is 4.79 Å². The van der Waals surface area contributed by atoms with Crippen molar-refractivity contribution in [3.8, 4) is 0 Å². The summed E-state index contributed by atoms with van der Waals surface area (Å²) in [6, 6.07) is -1.62. The van der Waals surface area contributed by atoms with E-state index in [1.807, 2.05) is 0 Å². The number of hydrogen-bond acceptors (Lipinski definition) is 14. The zero-order valence-corrected chi connectivity index (χ0v) is 25.0. The number of rotatable bonds is 7. The van der Waals surface area contributed by atoms with Crippen LogP contribution in [-0.4, -0.2) is 138 Å². The summed E-state index contributed by atoms with van der Waals surface area (Å²) >= 11 is 2.02. The molecule has 1 aromatic heterocycles. The van der Waals surface area contributed by atoms with Crippen LogP contribution in [0.1, 0.15) is 18.7 Å². The highest BCUT2D eigenvalue weighted by Crippen LogP contribution is 2.41. The van der Waals surface area contributed by atoms with Crippen LogP contribution in [0.4, 0.5) is 5.13 Å². The second kappa shape index (κ2) is 13.4. The molecular formula is C24H29N9O9S2. The summed E-state index contributed by atoms with van der Waals surface area (Å²) in [7, 11) is 3.35. The molecule has 0 bridgehead atoms. The standard InChI is InChI=1S/C23H27N9O7S2.CH2O2/c1-30(2)19(35)12-6-11(7-25-12)31-4-3-9(18(31)34)5-10-8-40-21-14(20(36)32(21)15(10)22(37)38)26-17(33)13(28-39)16-27-23(24)41-29-16;2-1-3/h5,11-12,14,21,25,39H,3-4,6-8H2,1-2H3,(H,26,33)(H,37,38)(H2,24,27,29);1H,(H,2,3)/t11-,12-,14+,21+;/m0./s1. The third kappa shape index (κ3) is 6.21. The maximum absolute atomic E-state index is 13.2. The maximum Gasteiger partial charge on any atom is 0.352 e. The van der Waals surface area contributed by atoms with Gasteiger partial charge in [0.15, 0.2) is 5.13 Å². The number of carbonyl (C=O) groups is 6. The van der Waals surface area contributed by atoms with Gasteiger partial charge in [-0.15, -0.1) is 11.8 Å². The van der Waals surface area contributed by atoms with Gasteiger partial charge in [-0.3, -0.25) is 28.9 Å². The van der Waals surface area contributed by atoms with Crippen LogP contribution >= 0.6 is 23.3 Å². The number of thioether (sulfide) groups is 1. The predicted octanol–water partition coefficient (Wildman–Crippen LogP) is -2.28. The van der Waals surface area contributed by atoms with E-state index in [1.54, 1.807) is 19.0 Å². The summed E-state index contributed by atoms with van der Waals surface area (Å²) in [5.74, 6) is -3.26. The summed E-state index contributed by atoms with van der Waals surface area (Å²) in [5, 5.41) is 34.0. The van der Waals surface area contributed by atoms with Gasteiger partial charge in [-0.1, -0.05) is 5.16 Å². The predicted molar refractivity (Wildman–Crippen MR) is 154 cm³/mol. The van der Waals surface area contributed by atoms with Gasteiger partial charge < -0.3 is 41.6 Å². The number of carbonyl (C=O) groups excluding carboxylic acids is 4. The SMILES string of the molecule is CN(C)C(=O)[C@@H]1C[C@H](N2CCC(=CC3=C(C(=O)O)N4C(=O)[C@@H](NC(=O)C(=NO)c5nsc(N)n5)[C@H]4SC3)C2=O)CN1.O=CO. The lowest BCUT2D eigenvalue weighted by atomic mass is 10.0. The van der Waals surface area contributed by atoms with E-state index in [1.165, 1.54) is 22.7 Å². The summed E-state index contributed by atoms with van der Waals surface area (Å²) < 4.78 is 3.82. The molecule has 5 rings (SSSR count). The Morgan fingerprint density at radius 3 is 2.57 bits per heavy atom. The number of nitrogens with two attached hydrogens (primary N) is 1. The number of fused-ring (bicyclic) bond motifs is 1. The average molecular weight is 652 g/mol. The van der Waals surface area contributed by atoms with Crippen molar-refractivity contribution in [1.29, 1.82) is 0 Å². The van der Waals surface area contributed by atoms with E-state index < -0.39 is 34.9 Å². The van der Waals surface area contributed by atoms with Crippen molar-refractivity contribution in [2.75, 3.05) is 38.7 Å². The molecule has 0 saturated carbocycles. The van der Waals surface area contributed by atoms with Crippen molar-refractivity contribution in [2.24, 2.45) is 5.16 Å². The van der Waals surface area contributed by atoms with Gasteiger partial charge in [-0.2, -0.15) is 9.36 Å². The van der Waals surface area contributed by atoms with Crippen LogP contribution in [-0.2, 0) is 28.8 Å². The number of β-lactam (4-membered cyclic amide) rings is 1. The summed E-state index contributed by atoms with van der Waals surface area (Å²) in [5.41, 5.74) is 5.46. The molecule has 4 aliphatic rings. The molecule has 4 atom stereocenters. The van der Waals surface area contributed by atoms with Crippen LogP contribution in [0.5, 0.6) is 0 Å². The van der Waals surface area contributed by atoms with E-state index in [0.717, 1.165) is 16.4 Å². The molecule has 7 N–H and O–H groups in total. The molecule has 18 nitrogen and oxygen atoms in total. The Kier molecular flexibility index (Phi) is 9.85. The average Bonchev–Trinajstić information content (AvgIpc) is 3.72. The summed E-state index contributed by atoms with van der Waals surface area (Å²) in [6.07, 6.45) is 2.42. The molecule has 3 fully saturated rings. The van der Waals surface area contributed by atoms with Gasteiger partial charge in [0, 0.05) is 56.1 Å². The molecule has 20 heteroatoms. The van der Waals surface area contributed by atoms with Crippen LogP contribution in [0.25, 0.3) is 0 Å². The third-order valence-corrected chi connectivity index (χ3v) is 9.09. The fourth-order valence-corrected chi connectivity index (χ4v) is 7.01. The van der Waals surface area contributed by atoms with E-state index in [9.17, 15) is 34.3 Å². The molecule has 0 radical (unpaired) electrons. The molecular weight excluding hydrogens is 622 g/mol. The van der Waals surface area contributed by atoms with Gasteiger partial charge in [0.1, 0.15) is 17.1 Å². The molecule has 0 aliphatic carbocycles. The quantitative estimate of drug-likeness (QED) is 0.0453. The van der Waals surface area contributed by atoms with Gasteiger partial charge in [0.05, 0.1) is 6.04 Å². The number of anilines is 1. The molecule has 0 unspecified atom stereocenters. The summed E-state index contributed by atoms with van der Waals surface area (Å²) in [6.45, 7) is 0.671. The Bertz CT molecular complexity index is 1470. The first-order chi connectivity index (χ1) is 20.9. The van der Waals surface area contributed by atoms with Crippen molar-refractivity contribution in [1.82, 2.24) is 34.7 Å². The van der Waals surface area contributed by atoms with Crippen LogP contribution < -0.4 is 16.4 Å². The fraction of sp³-hybridized carbons (Fsp3) is 0.458. The van der Waals surface area contributed by atoms with E-state index >= 15 is 0 Å². The van der Waals surface area contributed by atoms with Crippen molar-refractivity contribution >= 4 is 70.2 Å². The number of allylic oxidation sites excluding steroid dienone is 1. The van der Waals surface area contributed by atoms with E-state index in [2.05, 4.69) is 25.1 Å². The summed E-state index contributed by atoms with van der Waals surface area (Å²) in [4.78, 5) is 79.9. The van der Waals surface area contributed by atoms with Gasteiger partial charge in [0.25, 0.3) is 18.3 Å². The largest absolute Gasteiger partial charge is 0.483 e. The van der Waals surface area contributed by atoms with Gasteiger partial charge in [0.2, 0.25) is 23.4 Å². The molecule has 0 spiro atoms. The van der Waals surface area contributed by atoms with Crippen molar-refractivity contribution < 1.29 is 44.2 Å². The number of hydrogen-bond donors (Lipinski definition) is 6. The maximum atomic E-state index is 13.2. The lowest BCUT2D eigenvalue weighted by Crippen LogP contribution is -2.71. The Morgan fingerprint density at radius 2 is 1.98 bits per heavy atom. The van der Waals surface area contributed by atoms with Gasteiger partial charge in [-0.05, 0) is 24.5 Å². The van der Waals surface area contributed by atoms with Crippen LogP contribution in [0.2, 0.25) is 0 Å². The molecule has 5 heterocycles. The molecule has 4 amide bonds. The number of likely N-dealkylation sites (tertiary alicyclic amines) is 1. The van der Waals surface area contributed by atoms with E-state index in [0.29, 0.717) is 37.1 Å². The highest BCUT2D eigenvalue weighted by molar-refractivity contribution is 8.00. The Balaban J connectivity index is 0.00000141. The fourth-order valence-electron chi connectivity index (χ4n) is 5.27. The zero-order valence-electron chi connectivity index (χ0n) is 23.4. The first kappa shape index (κ1) is 32.4. The van der Waals surface area contributed by atoms with E-state index in [-0.39, 0.29) is 52.8 Å². The molecule has 236 valence electrons. The number of carboxylic acids is 1. The molecule has 0 aromatic carbocycles. The number of nitrogens with zero attached hydrogens (tertiary/aromatic N) is 6. The van der Waals surface area contributed by atoms with Crippen molar-refractivity contribution in [3.63, 3.8) is 0 Å². The topological polar surface area (TPSA) is 261 Å². The minimum absolute atomic E-state index is 0.0490. The molecule has 44 heavy (non-hydrogen) atoms. The lowest BCUT2D eigenvalue weighted by Gasteiger charge is -2.49. The van der Waals surface area contributed by atoms with E-state index in [4.69, 9.17) is 15.6 Å². The number of nitrogens with one attached hydrogen (secondary N) is 2. The normalized spacial score (nSPS) is 25.7. The molecule has 3 saturated heterocycles. The minimum Gasteiger partial charge on any atom is -0.483 e.